The van der Waals surface area contributed by atoms with Crippen molar-refractivity contribution in [3.8, 4) is 0 Å². The van der Waals surface area contributed by atoms with Crippen molar-refractivity contribution in [2.24, 2.45) is 5.73 Å². The molecule has 1 aromatic carbocycles. The Balaban J connectivity index is 2.46. The molecule has 96 valence electrons. The number of benzene rings is 1. The average molecular weight is 252 g/mol. The lowest BCUT2D eigenvalue weighted by atomic mass is 10.1. The molecule has 0 unspecified atom stereocenters. The number of rotatable bonds is 7. The summed E-state index contributed by atoms with van der Waals surface area (Å²) in [6.45, 7) is 10.7. The SMILES string of the molecule is CCN(CC)CCSc1ccc(CN)cc1C. The molecule has 0 radical (unpaired) electrons. The molecular formula is C14H24N2S. The van der Waals surface area contributed by atoms with Gasteiger partial charge in [0.25, 0.3) is 0 Å². The van der Waals surface area contributed by atoms with Gasteiger partial charge in [-0.3, -0.25) is 0 Å². The zero-order chi connectivity index (χ0) is 12.7. The summed E-state index contributed by atoms with van der Waals surface area (Å²) in [6.07, 6.45) is 0. The molecule has 3 heteroatoms. The largest absolute Gasteiger partial charge is 0.326 e. The molecule has 0 heterocycles. The number of aryl methyl sites for hydroxylation is 1. The first kappa shape index (κ1) is 14.6. The Labute approximate surface area is 110 Å². The minimum atomic E-state index is 0.630. The molecule has 1 rings (SSSR count). The van der Waals surface area contributed by atoms with Gasteiger partial charge in [0.05, 0.1) is 0 Å². The molecule has 0 aromatic heterocycles. The van der Waals surface area contributed by atoms with E-state index in [1.54, 1.807) is 0 Å². The monoisotopic (exact) mass is 252 g/mol. The predicted octanol–water partition coefficient (Wildman–Crippen LogP) is 2.89. The molecule has 0 atom stereocenters. The van der Waals surface area contributed by atoms with Crippen LogP contribution in [0.1, 0.15) is 25.0 Å². The third-order valence-corrected chi connectivity index (χ3v) is 4.19. The maximum atomic E-state index is 5.63. The van der Waals surface area contributed by atoms with E-state index in [0.29, 0.717) is 6.54 Å². The van der Waals surface area contributed by atoms with Crippen molar-refractivity contribution in [3.05, 3.63) is 29.3 Å². The number of nitrogens with two attached hydrogens (primary N) is 1. The van der Waals surface area contributed by atoms with Gasteiger partial charge in [0.15, 0.2) is 0 Å². The summed E-state index contributed by atoms with van der Waals surface area (Å²) < 4.78 is 0. The Morgan fingerprint density at radius 2 is 1.94 bits per heavy atom. The summed E-state index contributed by atoms with van der Waals surface area (Å²) in [4.78, 5) is 3.84. The summed E-state index contributed by atoms with van der Waals surface area (Å²) >= 11 is 1.94. The molecule has 0 aliphatic heterocycles. The fourth-order valence-corrected chi connectivity index (χ4v) is 2.85. The first-order valence-electron chi connectivity index (χ1n) is 6.36. The molecule has 0 saturated carbocycles. The molecule has 0 bridgehead atoms. The van der Waals surface area contributed by atoms with Crippen LogP contribution in [0, 0.1) is 6.92 Å². The Hall–Kier alpha value is -0.510. The van der Waals surface area contributed by atoms with Gasteiger partial charge in [-0.1, -0.05) is 26.0 Å². The van der Waals surface area contributed by atoms with Gasteiger partial charge >= 0.3 is 0 Å². The Bertz CT molecular complexity index is 335. The lowest BCUT2D eigenvalue weighted by Gasteiger charge is -2.17. The maximum Gasteiger partial charge on any atom is 0.0178 e. The van der Waals surface area contributed by atoms with Crippen LogP contribution in [0.3, 0.4) is 0 Å². The van der Waals surface area contributed by atoms with Gasteiger partial charge in [-0.25, -0.2) is 0 Å². The van der Waals surface area contributed by atoms with Crippen LogP contribution in [0.5, 0.6) is 0 Å². The molecule has 1 aromatic rings. The summed E-state index contributed by atoms with van der Waals surface area (Å²) in [6, 6.07) is 6.52. The first-order chi connectivity index (χ1) is 8.21. The van der Waals surface area contributed by atoms with Crippen LogP contribution in [0.25, 0.3) is 0 Å². The highest BCUT2D eigenvalue weighted by Gasteiger charge is 2.02. The second kappa shape index (κ2) is 7.75. The Kier molecular flexibility index (Phi) is 6.63. The fourth-order valence-electron chi connectivity index (χ4n) is 1.82. The van der Waals surface area contributed by atoms with Gasteiger partial charge in [-0.05, 0) is 37.2 Å². The van der Waals surface area contributed by atoms with Crippen molar-refractivity contribution in [1.29, 1.82) is 0 Å². The molecule has 0 fully saturated rings. The quantitative estimate of drug-likeness (QED) is 0.757. The average Bonchev–Trinajstić information content (AvgIpc) is 2.36. The van der Waals surface area contributed by atoms with Gasteiger partial charge in [0, 0.05) is 23.7 Å². The molecule has 2 N–H and O–H groups in total. The molecule has 0 aliphatic carbocycles. The van der Waals surface area contributed by atoms with Crippen LogP contribution >= 0.6 is 11.8 Å². The van der Waals surface area contributed by atoms with Crippen LogP contribution in [-0.4, -0.2) is 30.3 Å². The molecule has 0 spiro atoms. The van der Waals surface area contributed by atoms with E-state index in [1.807, 2.05) is 11.8 Å². The van der Waals surface area contributed by atoms with Gasteiger partial charge in [-0.15, -0.1) is 11.8 Å². The fraction of sp³-hybridized carbons (Fsp3) is 0.571. The van der Waals surface area contributed by atoms with E-state index in [9.17, 15) is 0 Å². The molecular weight excluding hydrogens is 228 g/mol. The number of hydrogen-bond acceptors (Lipinski definition) is 3. The third kappa shape index (κ3) is 4.70. The molecule has 0 aliphatic rings. The highest BCUT2D eigenvalue weighted by Crippen LogP contribution is 2.23. The Morgan fingerprint density at radius 3 is 2.47 bits per heavy atom. The van der Waals surface area contributed by atoms with Crippen LogP contribution in [-0.2, 0) is 6.54 Å². The molecule has 0 saturated heterocycles. The number of nitrogens with zero attached hydrogens (tertiary/aromatic N) is 1. The predicted molar refractivity (Wildman–Crippen MR) is 77.6 cm³/mol. The molecule has 2 nitrogen and oxygen atoms in total. The van der Waals surface area contributed by atoms with Crippen LogP contribution < -0.4 is 5.73 Å². The highest BCUT2D eigenvalue weighted by molar-refractivity contribution is 7.99. The smallest absolute Gasteiger partial charge is 0.0178 e. The maximum absolute atomic E-state index is 5.63. The standard InChI is InChI=1S/C14H24N2S/c1-4-16(5-2)8-9-17-14-7-6-13(11-15)10-12(14)3/h6-7,10H,4-5,8-9,11,15H2,1-3H3. The summed E-state index contributed by atoms with van der Waals surface area (Å²) in [5.41, 5.74) is 8.19. The molecule has 0 amide bonds. The summed E-state index contributed by atoms with van der Waals surface area (Å²) in [5, 5.41) is 0. The second-order valence-corrected chi connectivity index (χ2v) is 5.32. The normalized spacial score (nSPS) is 11.1. The first-order valence-corrected chi connectivity index (χ1v) is 7.34. The summed E-state index contributed by atoms with van der Waals surface area (Å²) in [7, 11) is 0. The van der Waals surface area contributed by atoms with Crippen molar-refractivity contribution in [3.63, 3.8) is 0 Å². The van der Waals surface area contributed by atoms with Crippen molar-refractivity contribution in [1.82, 2.24) is 4.90 Å². The van der Waals surface area contributed by atoms with Crippen LogP contribution in [0.2, 0.25) is 0 Å². The highest BCUT2D eigenvalue weighted by atomic mass is 32.2. The van der Waals surface area contributed by atoms with Crippen LogP contribution in [0.15, 0.2) is 23.1 Å². The van der Waals surface area contributed by atoms with Gasteiger partial charge < -0.3 is 10.6 Å². The zero-order valence-electron chi connectivity index (χ0n) is 11.2. The lowest BCUT2D eigenvalue weighted by molar-refractivity contribution is 0.324. The van der Waals surface area contributed by atoms with Gasteiger partial charge in [0.1, 0.15) is 0 Å². The third-order valence-electron chi connectivity index (χ3n) is 3.03. The van der Waals surface area contributed by atoms with Crippen molar-refractivity contribution in [2.45, 2.75) is 32.2 Å². The minimum Gasteiger partial charge on any atom is -0.326 e. The van der Waals surface area contributed by atoms with E-state index in [4.69, 9.17) is 5.73 Å². The second-order valence-electron chi connectivity index (χ2n) is 4.18. The number of hydrogen-bond donors (Lipinski definition) is 1. The minimum absolute atomic E-state index is 0.630. The van der Waals surface area contributed by atoms with E-state index in [1.165, 1.54) is 16.0 Å². The van der Waals surface area contributed by atoms with E-state index in [0.717, 1.165) is 25.4 Å². The topological polar surface area (TPSA) is 29.3 Å². The van der Waals surface area contributed by atoms with E-state index >= 15 is 0 Å². The zero-order valence-corrected chi connectivity index (χ0v) is 12.0. The van der Waals surface area contributed by atoms with Gasteiger partial charge in [-0.2, -0.15) is 0 Å². The Morgan fingerprint density at radius 1 is 1.24 bits per heavy atom. The van der Waals surface area contributed by atoms with Crippen molar-refractivity contribution < 1.29 is 0 Å². The molecule has 17 heavy (non-hydrogen) atoms. The number of thioether (sulfide) groups is 1. The van der Waals surface area contributed by atoms with E-state index in [-0.39, 0.29) is 0 Å². The van der Waals surface area contributed by atoms with E-state index < -0.39 is 0 Å². The van der Waals surface area contributed by atoms with Crippen LogP contribution in [0.4, 0.5) is 0 Å². The van der Waals surface area contributed by atoms with Gasteiger partial charge in [0.2, 0.25) is 0 Å². The van der Waals surface area contributed by atoms with E-state index in [2.05, 4.69) is 43.9 Å². The summed E-state index contributed by atoms with van der Waals surface area (Å²) in [5.74, 6) is 1.16. The van der Waals surface area contributed by atoms with Crippen molar-refractivity contribution >= 4 is 11.8 Å². The van der Waals surface area contributed by atoms with Crippen molar-refractivity contribution in [2.75, 3.05) is 25.4 Å². The lowest BCUT2D eigenvalue weighted by Crippen LogP contribution is -2.25.